The van der Waals surface area contributed by atoms with Gasteiger partial charge in [-0.25, -0.2) is 0 Å². The van der Waals surface area contributed by atoms with Crippen molar-refractivity contribution >= 4 is 23.0 Å². The molecule has 0 N–H and O–H groups in total. The molecule has 25 heavy (non-hydrogen) atoms. The van der Waals surface area contributed by atoms with Crippen LogP contribution in [0.4, 0.5) is 0 Å². The van der Waals surface area contributed by atoms with Gasteiger partial charge in [-0.05, 0) is 42.2 Å². The molecule has 2 aromatic heterocycles. The molecule has 0 amide bonds. The third-order valence-electron chi connectivity index (χ3n) is 4.22. The third kappa shape index (κ3) is 2.63. The number of allylic oxidation sites excluding steroid dienone is 1. The summed E-state index contributed by atoms with van der Waals surface area (Å²) >= 11 is 0. The second-order valence-electron chi connectivity index (χ2n) is 5.87. The molecule has 0 radical (unpaired) electrons. The molecule has 0 atom stereocenters. The van der Waals surface area contributed by atoms with E-state index in [1.807, 2.05) is 12.1 Å². The molecule has 5 heteroatoms. The number of aromatic nitrogens is 1. The largest absolute Gasteiger partial charge is 0.463 e. The lowest BCUT2D eigenvalue weighted by atomic mass is 9.93. The number of aryl methyl sites for hydroxylation is 1. The average Bonchev–Trinajstić information content (AvgIpc) is 2.62. The van der Waals surface area contributed by atoms with E-state index in [9.17, 15) is 9.59 Å². The Morgan fingerprint density at radius 1 is 1.28 bits per heavy atom. The van der Waals surface area contributed by atoms with E-state index in [2.05, 4.69) is 11.1 Å². The summed E-state index contributed by atoms with van der Waals surface area (Å²) in [5.41, 5.74) is 2.99. The maximum Gasteiger partial charge on any atom is 0.308 e. The minimum atomic E-state index is -0.470. The summed E-state index contributed by atoms with van der Waals surface area (Å²) in [5, 5.41) is 0.568. The van der Waals surface area contributed by atoms with Gasteiger partial charge in [0.15, 0.2) is 5.75 Å². The van der Waals surface area contributed by atoms with Crippen LogP contribution in [0.15, 0.2) is 52.0 Å². The van der Waals surface area contributed by atoms with E-state index in [1.165, 1.54) is 13.2 Å². The van der Waals surface area contributed by atoms with Gasteiger partial charge >= 0.3 is 5.97 Å². The van der Waals surface area contributed by atoms with Crippen LogP contribution in [0.25, 0.3) is 28.3 Å². The summed E-state index contributed by atoms with van der Waals surface area (Å²) in [6.07, 6.45) is 8.72. The molecule has 1 aromatic carbocycles. The van der Waals surface area contributed by atoms with Crippen LogP contribution in [0.2, 0.25) is 0 Å². The Bertz CT molecular complexity index is 1080. The van der Waals surface area contributed by atoms with Gasteiger partial charge in [0.2, 0.25) is 5.43 Å². The lowest BCUT2D eigenvalue weighted by Gasteiger charge is -2.13. The van der Waals surface area contributed by atoms with Crippen molar-refractivity contribution in [3.05, 3.63) is 64.2 Å². The number of carbonyl (C=O) groups excluding carboxylic acids is 1. The average molecular weight is 333 g/mol. The molecular weight excluding hydrogens is 318 g/mol. The van der Waals surface area contributed by atoms with Crippen LogP contribution < -0.4 is 10.2 Å². The number of hydrogen-bond donors (Lipinski definition) is 0. The van der Waals surface area contributed by atoms with Gasteiger partial charge in [0, 0.05) is 13.1 Å². The normalized spacial score (nSPS) is 12.8. The highest BCUT2D eigenvalue weighted by Crippen LogP contribution is 2.30. The Morgan fingerprint density at radius 2 is 2.16 bits per heavy atom. The maximum absolute atomic E-state index is 13.2. The van der Waals surface area contributed by atoms with Crippen LogP contribution in [0.1, 0.15) is 24.5 Å². The van der Waals surface area contributed by atoms with E-state index in [1.54, 1.807) is 24.4 Å². The first-order valence-corrected chi connectivity index (χ1v) is 8.03. The third-order valence-corrected chi connectivity index (χ3v) is 4.22. The number of fused-ring (bicyclic) bond motifs is 3. The molecule has 0 unspecified atom stereocenters. The molecule has 1 aliphatic rings. The van der Waals surface area contributed by atoms with Crippen molar-refractivity contribution < 1.29 is 13.9 Å². The van der Waals surface area contributed by atoms with Gasteiger partial charge in [-0.3, -0.25) is 14.6 Å². The van der Waals surface area contributed by atoms with Gasteiger partial charge in [-0.2, -0.15) is 0 Å². The van der Waals surface area contributed by atoms with Gasteiger partial charge in [0.05, 0.1) is 10.9 Å². The van der Waals surface area contributed by atoms with Crippen LogP contribution in [-0.4, -0.2) is 11.0 Å². The summed E-state index contributed by atoms with van der Waals surface area (Å²) in [4.78, 5) is 28.7. The minimum absolute atomic E-state index is 0.166. The highest BCUT2D eigenvalue weighted by atomic mass is 16.5. The fourth-order valence-electron chi connectivity index (χ4n) is 3.16. The smallest absolute Gasteiger partial charge is 0.308 e. The highest BCUT2D eigenvalue weighted by molar-refractivity contribution is 5.88. The van der Waals surface area contributed by atoms with Gasteiger partial charge in [0.1, 0.15) is 17.5 Å². The molecule has 0 saturated heterocycles. The molecule has 4 rings (SSSR count). The zero-order valence-corrected chi connectivity index (χ0v) is 13.6. The lowest BCUT2D eigenvalue weighted by Crippen LogP contribution is -2.11. The van der Waals surface area contributed by atoms with Crippen LogP contribution in [-0.2, 0) is 11.2 Å². The summed E-state index contributed by atoms with van der Waals surface area (Å²) in [7, 11) is 0. The highest BCUT2D eigenvalue weighted by Gasteiger charge is 2.19. The number of esters is 1. The second-order valence-corrected chi connectivity index (χ2v) is 5.87. The Balaban J connectivity index is 1.99. The summed E-state index contributed by atoms with van der Waals surface area (Å²) < 4.78 is 10.9. The SMILES string of the molecule is CC(=O)Oc1cccnc1-c1coc2ccc3c(c2c1=O)CCC=C3. The van der Waals surface area contributed by atoms with Crippen LogP contribution in [0.3, 0.4) is 0 Å². The Morgan fingerprint density at radius 3 is 3.00 bits per heavy atom. The van der Waals surface area contributed by atoms with E-state index >= 15 is 0 Å². The predicted octanol–water partition coefficient (Wildman–Crippen LogP) is 3.74. The number of rotatable bonds is 2. The summed E-state index contributed by atoms with van der Waals surface area (Å²) in [5.74, 6) is -0.228. The van der Waals surface area contributed by atoms with Gasteiger partial charge in [-0.1, -0.05) is 18.2 Å². The molecular formula is C20H15NO4. The first-order valence-electron chi connectivity index (χ1n) is 8.03. The number of hydrogen-bond acceptors (Lipinski definition) is 5. The number of carbonyl (C=O) groups is 1. The summed E-state index contributed by atoms with van der Waals surface area (Å²) in [6.45, 7) is 1.31. The van der Waals surface area contributed by atoms with Crippen molar-refractivity contribution in [1.82, 2.24) is 4.98 Å². The lowest BCUT2D eigenvalue weighted by molar-refractivity contribution is -0.131. The molecule has 5 nitrogen and oxygen atoms in total. The number of nitrogens with zero attached hydrogens (tertiary/aromatic N) is 1. The van der Waals surface area contributed by atoms with Gasteiger partial charge in [-0.15, -0.1) is 0 Å². The molecule has 124 valence electrons. The first kappa shape index (κ1) is 15.3. The molecule has 0 saturated carbocycles. The molecule has 1 aliphatic carbocycles. The van der Waals surface area contributed by atoms with Crippen molar-refractivity contribution in [2.24, 2.45) is 0 Å². The Hall–Kier alpha value is -3.21. The molecule has 0 fully saturated rings. The van der Waals surface area contributed by atoms with Gasteiger partial charge in [0.25, 0.3) is 0 Å². The second kappa shape index (κ2) is 6.02. The zero-order valence-electron chi connectivity index (χ0n) is 13.6. The van der Waals surface area contributed by atoms with Crippen molar-refractivity contribution in [2.75, 3.05) is 0 Å². The summed E-state index contributed by atoms with van der Waals surface area (Å²) in [6, 6.07) is 7.02. The standard InChI is InChI=1S/C20H15NO4/c1-12(22)25-17-7-4-10-21-19(17)15-11-24-16-9-8-13-5-2-3-6-14(13)18(16)20(15)23/h2,4-5,7-11H,3,6H2,1H3. The molecule has 0 spiro atoms. The van der Waals surface area contributed by atoms with Crippen LogP contribution in [0.5, 0.6) is 5.75 Å². The van der Waals surface area contributed by atoms with E-state index in [0.29, 0.717) is 16.7 Å². The quantitative estimate of drug-likeness (QED) is 0.668. The molecule has 0 aliphatic heterocycles. The van der Waals surface area contributed by atoms with Crippen molar-refractivity contribution in [3.63, 3.8) is 0 Å². The molecule has 2 heterocycles. The fourth-order valence-corrected chi connectivity index (χ4v) is 3.16. The first-order chi connectivity index (χ1) is 12.1. The Kier molecular flexibility index (Phi) is 3.69. The van der Waals surface area contributed by atoms with Crippen LogP contribution in [0, 0.1) is 0 Å². The van der Waals surface area contributed by atoms with Crippen molar-refractivity contribution in [3.8, 4) is 17.0 Å². The van der Waals surface area contributed by atoms with Gasteiger partial charge < -0.3 is 9.15 Å². The maximum atomic E-state index is 13.2. The van der Waals surface area contributed by atoms with Crippen LogP contribution >= 0.6 is 0 Å². The fraction of sp³-hybridized carbons (Fsp3) is 0.150. The Labute approximate surface area is 143 Å². The molecule has 3 aromatic rings. The molecule has 0 bridgehead atoms. The topological polar surface area (TPSA) is 69.4 Å². The number of benzene rings is 1. The van der Waals surface area contributed by atoms with Crippen molar-refractivity contribution in [2.45, 2.75) is 19.8 Å². The van der Waals surface area contributed by atoms with E-state index in [-0.39, 0.29) is 16.7 Å². The zero-order chi connectivity index (χ0) is 17.4. The van der Waals surface area contributed by atoms with Crippen molar-refractivity contribution in [1.29, 1.82) is 0 Å². The number of pyridine rings is 1. The minimum Gasteiger partial charge on any atom is -0.463 e. The number of ether oxygens (including phenoxy) is 1. The monoisotopic (exact) mass is 333 g/mol. The van der Waals surface area contributed by atoms with E-state index in [0.717, 1.165) is 24.0 Å². The van der Waals surface area contributed by atoms with E-state index < -0.39 is 5.97 Å². The van der Waals surface area contributed by atoms with E-state index in [4.69, 9.17) is 9.15 Å². The predicted molar refractivity (Wildman–Crippen MR) is 94.4 cm³/mol.